The van der Waals surface area contributed by atoms with Crippen LogP contribution in [0.3, 0.4) is 0 Å². The first-order valence-electron chi connectivity index (χ1n) is 12.2. The van der Waals surface area contributed by atoms with E-state index in [0.29, 0.717) is 12.5 Å². The van der Waals surface area contributed by atoms with Crippen LogP contribution in [0.5, 0.6) is 0 Å². The number of likely N-dealkylation sites (tertiary alicyclic amines) is 1. The Kier molecular flexibility index (Phi) is 20.3. The Morgan fingerprint density at radius 1 is 0.900 bits per heavy atom. The van der Waals surface area contributed by atoms with E-state index in [1.54, 1.807) is 0 Å². The Hall–Kier alpha value is -0.360. The van der Waals surface area contributed by atoms with Gasteiger partial charge in [-0.05, 0) is 25.7 Å². The molecule has 1 unspecified atom stereocenters. The van der Waals surface area contributed by atoms with Gasteiger partial charge in [-0.2, -0.15) is 0 Å². The first kappa shape index (κ1) is 29.6. The summed E-state index contributed by atoms with van der Waals surface area (Å²) in [6, 6.07) is 0. The molecule has 0 aromatic rings. The largest absolute Gasteiger partial charge is 0.481 e. The van der Waals surface area contributed by atoms with Gasteiger partial charge in [-0.25, -0.2) is 0 Å². The molecule has 1 aliphatic heterocycles. The number of ether oxygens (including phenoxy) is 1. The number of quaternary nitrogens is 1. The minimum atomic E-state index is -0.657. The minimum Gasteiger partial charge on any atom is -0.481 e. The number of nitrogens with zero attached hydrogens (tertiary/aromatic N) is 1. The van der Waals surface area contributed by atoms with Crippen molar-refractivity contribution in [2.45, 2.75) is 109 Å². The van der Waals surface area contributed by atoms with E-state index in [-0.39, 0.29) is 0 Å². The van der Waals surface area contributed by atoms with Gasteiger partial charge in [-0.15, -0.1) is 0 Å². The highest BCUT2D eigenvalue weighted by Crippen LogP contribution is 2.18. The molecule has 0 aromatic carbocycles. The molecule has 0 aromatic heterocycles. The molecule has 1 N–H and O–H groups in total. The van der Waals surface area contributed by atoms with Crippen molar-refractivity contribution in [1.29, 1.82) is 0 Å². The van der Waals surface area contributed by atoms with Crippen LogP contribution in [0, 0.1) is 0 Å². The Balaban J connectivity index is 0.00000263. The second-order valence-electron chi connectivity index (χ2n) is 9.37. The zero-order chi connectivity index (χ0) is 22.5. The lowest BCUT2D eigenvalue weighted by Crippen LogP contribution is -2.50. The highest BCUT2D eigenvalue weighted by molar-refractivity contribution is 6.07. The molecule has 0 radical (unpaired) electrons. The number of carbonyl (C=O) groups is 1. The van der Waals surface area contributed by atoms with Crippen LogP contribution in [-0.4, -0.2) is 62.6 Å². The van der Waals surface area contributed by atoms with Gasteiger partial charge in [0.1, 0.15) is 12.6 Å². The van der Waals surface area contributed by atoms with Gasteiger partial charge < -0.3 is 14.3 Å². The molecule has 1 fully saturated rings. The lowest BCUT2D eigenvalue weighted by atomic mass is 10.0. The number of carboxylic acids is 1. The summed E-state index contributed by atoms with van der Waals surface area (Å²) in [6.07, 6.45) is 19.9. The molecule has 6 heteroatoms. The van der Waals surface area contributed by atoms with Gasteiger partial charge in [-0.1, -0.05) is 70.6 Å². The predicted octanol–water partition coefficient (Wildman–Crippen LogP) is 6.57. The van der Waals surface area contributed by atoms with Crippen LogP contribution in [-0.2, 0) is 13.8 Å². The molecule has 0 amide bonds. The fraction of sp³-hybridized carbons (Fsp3) is 0.958. The third kappa shape index (κ3) is 20.9. The molecular weight excluding hydrogens is 402 g/mol. The van der Waals surface area contributed by atoms with E-state index in [0.717, 1.165) is 23.9 Å². The van der Waals surface area contributed by atoms with Crippen molar-refractivity contribution in [2.75, 3.05) is 40.9 Å². The maximum absolute atomic E-state index is 10.4. The molecule has 1 aliphatic rings. The van der Waals surface area contributed by atoms with Crippen molar-refractivity contribution in [3.05, 3.63) is 0 Å². The monoisotopic (exact) mass is 450 g/mol. The van der Waals surface area contributed by atoms with E-state index in [4.69, 9.17) is 9.84 Å². The Bertz CT molecular complexity index is 393. The summed E-state index contributed by atoms with van der Waals surface area (Å²) in [7, 11) is 6.03. The number of unbranched alkanes of at least 4 members (excludes halogenated alkanes) is 12. The molecule has 5 nitrogen and oxygen atoms in total. The van der Waals surface area contributed by atoms with Crippen molar-refractivity contribution in [3.63, 3.8) is 0 Å². The zero-order valence-corrected chi connectivity index (χ0v) is 20.8. The number of hydrogen-bond acceptors (Lipinski definition) is 3. The molecule has 1 heterocycles. The van der Waals surface area contributed by atoms with Crippen LogP contribution in [0.2, 0.25) is 0 Å². The van der Waals surface area contributed by atoms with E-state index in [9.17, 15) is 4.79 Å². The summed E-state index contributed by atoms with van der Waals surface area (Å²) < 4.78 is 10.9. The van der Waals surface area contributed by atoms with Crippen LogP contribution in [0.15, 0.2) is 0 Å². The molecule has 0 saturated carbocycles. The fourth-order valence-electron chi connectivity index (χ4n) is 4.19. The summed E-state index contributed by atoms with van der Waals surface area (Å²) in [6.45, 7) is 3.44. The third-order valence-corrected chi connectivity index (χ3v) is 5.88. The van der Waals surface area contributed by atoms with Gasteiger partial charge in [0.05, 0.1) is 39.6 Å². The summed E-state index contributed by atoms with van der Waals surface area (Å²) in [5.41, 5.74) is 0. The predicted molar refractivity (Wildman–Crippen MR) is 126 cm³/mol. The van der Waals surface area contributed by atoms with Gasteiger partial charge in [0.2, 0.25) is 0 Å². The maximum atomic E-state index is 10.4. The number of halogens is 1. The topological polar surface area (TPSA) is 55.8 Å². The van der Waals surface area contributed by atoms with Gasteiger partial charge in [-0.3, -0.25) is 9.08 Å². The minimum absolute atomic E-state index is 0.337. The Morgan fingerprint density at radius 2 is 1.33 bits per heavy atom. The van der Waals surface area contributed by atoms with Crippen molar-refractivity contribution in [1.82, 2.24) is 0 Å². The molecule has 1 atom stereocenters. The van der Waals surface area contributed by atoms with Crippen LogP contribution in [0.25, 0.3) is 0 Å². The van der Waals surface area contributed by atoms with Crippen molar-refractivity contribution in [3.8, 4) is 0 Å². The number of carboxylic acid groups (broad SMARTS) is 1. The average molecular weight is 451 g/mol. The van der Waals surface area contributed by atoms with Crippen molar-refractivity contribution in [2.24, 2.45) is 0 Å². The maximum Gasteiger partial charge on any atom is 0.303 e. The molecule has 180 valence electrons. The average Bonchev–Trinajstić information content (AvgIpc) is 2.67. The van der Waals surface area contributed by atoms with Crippen LogP contribution < -0.4 is 0 Å². The fourth-order valence-corrected chi connectivity index (χ4v) is 4.19. The number of rotatable bonds is 17. The molecular formula is C24H49ClNO4+. The van der Waals surface area contributed by atoms with E-state index in [1.165, 1.54) is 104 Å². The van der Waals surface area contributed by atoms with Crippen LogP contribution in [0.4, 0.5) is 0 Å². The highest BCUT2D eigenvalue weighted by Gasteiger charge is 2.27. The van der Waals surface area contributed by atoms with E-state index < -0.39 is 5.97 Å². The molecule has 1 saturated heterocycles. The number of aliphatic carboxylic acids is 1. The van der Waals surface area contributed by atoms with Crippen LogP contribution in [0.1, 0.15) is 103 Å². The lowest BCUT2D eigenvalue weighted by Gasteiger charge is -2.37. The van der Waals surface area contributed by atoms with Crippen LogP contribution >= 0.6 is 11.9 Å². The van der Waals surface area contributed by atoms with Crippen molar-refractivity contribution < 1.29 is 23.4 Å². The first-order valence-corrected chi connectivity index (χ1v) is 12.5. The van der Waals surface area contributed by atoms with Gasteiger partial charge in [0.25, 0.3) is 0 Å². The van der Waals surface area contributed by atoms with Gasteiger partial charge >= 0.3 is 5.97 Å². The quantitative estimate of drug-likeness (QED) is 0.201. The second kappa shape index (κ2) is 20.5. The standard InChI is InChI=1S/C23H45NO3.CH3ClO/c1-24(2)19-16-17-22(21-24)27-20-15-13-11-9-7-5-3-4-6-8-10-12-14-18-23(25)26;1-3-2/h22H,3-21H2,1-2H3;1H3/p+1. The summed E-state index contributed by atoms with van der Waals surface area (Å²) >= 11 is 4.50. The van der Waals surface area contributed by atoms with E-state index >= 15 is 0 Å². The molecule has 0 aliphatic carbocycles. The highest BCUT2D eigenvalue weighted by atomic mass is 35.5. The number of hydrogen-bond donors (Lipinski definition) is 1. The molecule has 1 rings (SSSR count). The summed E-state index contributed by atoms with van der Waals surface area (Å²) in [5.74, 6) is -0.657. The first-order chi connectivity index (χ1) is 14.4. The van der Waals surface area contributed by atoms with Gasteiger partial charge in [0, 0.05) is 13.0 Å². The summed E-state index contributed by atoms with van der Waals surface area (Å²) in [4.78, 5) is 10.4. The van der Waals surface area contributed by atoms with E-state index in [1.807, 2.05) is 0 Å². The normalized spacial score (nSPS) is 17.9. The molecule has 0 bridgehead atoms. The number of likely N-dealkylation sites (N-methyl/N-ethyl adjacent to an activating group) is 1. The lowest BCUT2D eigenvalue weighted by molar-refractivity contribution is -0.898. The Morgan fingerprint density at radius 3 is 1.77 bits per heavy atom. The molecule has 30 heavy (non-hydrogen) atoms. The summed E-state index contributed by atoms with van der Waals surface area (Å²) in [5, 5.41) is 8.58. The smallest absolute Gasteiger partial charge is 0.303 e. The molecule has 0 spiro atoms. The SMILES string of the molecule is COCl.C[N+]1(C)CCCC(OCCCCCCCCCCCCCCCC(=O)O)C1. The third-order valence-electron chi connectivity index (χ3n) is 5.88. The number of piperidine rings is 1. The van der Waals surface area contributed by atoms with Gasteiger partial charge in [0.15, 0.2) is 0 Å². The Labute approximate surface area is 191 Å². The van der Waals surface area contributed by atoms with E-state index in [2.05, 4.69) is 30.3 Å². The zero-order valence-electron chi connectivity index (χ0n) is 20.0. The van der Waals surface area contributed by atoms with Crippen molar-refractivity contribution >= 4 is 17.8 Å². The second-order valence-corrected chi connectivity index (χ2v) is 9.68.